The van der Waals surface area contributed by atoms with Gasteiger partial charge in [0.1, 0.15) is 5.75 Å². The van der Waals surface area contributed by atoms with Crippen molar-refractivity contribution in [1.82, 2.24) is 10.7 Å². The molecular formula is C38H35ClN4O5S. The van der Waals surface area contributed by atoms with E-state index in [0.717, 1.165) is 11.1 Å². The molecule has 0 spiro atoms. The van der Waals surface area contributed by atoms with Crippen LogP contribution in [-0.4, -0.2) is 33.1 Å². The average molecular weight is 695 g/mol. The lowest BCUT2D eigenvalue weighted by Crippen LogP contribution is -2.33. The molecule has 5 rings (SSSR count). The summed E-state index contributed by atoms with van der Waals surface area (Å²) in [6.07, 6.45) is 1.45. The number of sulfonamides is 1. The van der Waals surface area contributed by atoms with Crippen molar-refractivity contribution in [2.24, 2.45) is 5.10 Å². The van der Waals surface area contributed by atoms with Crippen LogP contribution in [0.15, 0.2) is 137 Å². The molecule has 0 saturated carbocycles. The molecule has 0 aliphatic heterocycles. The van der Waals surface area contributed by atoms with Gasteiger partial charge in [-0.25, -0.2) is 13.8 Å². The van der Waals surface area contributed by atoms with Crippen molar-refractivity contribution < 1.29 is 22.7 Å². The first-order valence-corrected chi connectivity index (χ1v) is 17.3. The van der Waals surface area contributed by atoms with Gasteiger partial charge in [0.15, 0.2) is 6.61 Å². The van der Waals surface area contributed by atoms with Crippen LogP contribution < -0.4 is 19.8 Å². The van der Waals surface area contributed by atoms with Crippen LogP contribution in [0, 0.1) is 6.92 Å². The number of anilines is 1. The highest BCUT2D eigenvalue weighted by molar-refractivity contribution is 7.92. The van der Waals surface area contributed by atoms with Crippen LogP contribution in [0.5, 0.6) is 5.75 Å². The van der Waals surface area contributed by atoms with E-state index in [-0.39, 0.29) is 41.2 Å². The molecule has 11 heteroatoms. The lowest BCUT2D eigenvalue weighted by atomic mass is 10.1. The Kier molecular flexibility index (Phi) is 11.5. The number of nitrogens with zero attached hydrogens (tertiary/aromatic N) is 2. The summed E-state index contributed by atoms with van der Waals surface area (Å²) in [6.45, 7) is 3.60. The summed E-state index contributed by atoms with van der Waals surface area (Å²) in [7, 11) is -4.09. The average Bonchev–Trinajstić information content (AvgIpc) is 3.11. The van der Waals surface area contributed by atoms with Gasteiger partial charge in [-0.15, -0.1) is 0 Å². The van der Waals surface area contributed by atoms with E-state index in [4.69, 9.17) is 16.3 Å². The second-order valence-corrected chi connectivity index (χ2v) is 13.5. The molecule has 0 aromatic heterocycles. The SMILES string of the molecule is Cc1ccc(S(=O)(=O)N(Cc2ccc(Cl)cc2)c2ccccc2C(=O)N/N=C\c2ccc(OCC(=O)N[C@@H](C)c3ccccc3)cc2)cc1. The second kappa shape index (κ2) is 16.1. The topological polar surface area (TPSA) is 117 Å². The minimum atomic E-state index is -4.09. The third-order valence-corrected chi connectivity index (χ3v) is 9.60. The summed E-state index contributed by atoms with van der Waals surface area (Å²) in [5.74, 6) is -0.348. The highest BCUT2D eigenvalue weighted by Gasteiger charge is 2.28. The minimum Gasteiger partial charge on any atom is -0.484 e. The third-order valence-electron chi connectivity index (χ3n) is 7.57. The highest BCUT2D eigenvalue weighted by Crippen LogP contribution is 2.30. The van der Waals surface area contributed by atoms with Crippen LogP contribution in [0.25, 0.3) is 0 Å². The van der Waals surface area contributed by atoms with E-state index in [1.165, 1.54) is 10.5 Å². The van der Waals surface area contributed by atoms with Gasteiger partial charge in [0.2, 0.25) is 0 Å². The Labute approximate surface area is 291 Å². The standard InChI is InChI=1S/C38H35ClN4O5S/c1-27-12-22-34(23-13-27)49(46,47)43(25-30-14-18-32(39)19-15-30)36-11-7-6-10-35(36)38(45)42-40-24-29-16-20-33(21-17-29)48-26-37(44)41-28(2)31-8-4-3-5-9-31/h3-24,28H,25-26H2,1-2H3,(H,41,44)(H,42,45)/b40-24-/t28-/m0/s1. The summed E-state index contributed by atoms with van der Waals surface area (Å²) < 4.78 is 34.9. The molecule has 0 aliphatic carbocycles. The maximum absolute atomic E-state index is 14.0. The van der Waals surface area contributed by atoms with Gasteiger partial charge in [0, 0.05) is 5.02 Å². The number of carbonyl (C=O) groups is 2. The molecule has 0 heterocycles. The summed E-state index contributed by atoms with van der Waals surface area (Å²) in [4.78, 5) is 25.9. The number of hydrogen-bond donors (Lipinski definition) is 2. The van der Waals surface area contributed by atoms with Gasteiger partial charge in [-0.2, -0.15) is 5.10 Å². The molecule has 0 bridgehead atoms. The number of nitrogens with one attached hydrogen (secondary N) is 2. The van der Waals surface area contributed by atoms with Gasteiger partial charge in [-0.3, -0.25) is 13.9 Å². The number of para-hydroxylation sites is 1. The van der Waals surface area contributed by atoms with Crippen LogP contribution in [0.1, 0.15) is 45.6 Å². The quantitative estimate of drug-likeness (QED) is 0.101. The van der Waals surface area contributed by atoms with E-state index in [0.29, 0.717) is 21.9 Å². The van der Waals surface area contributed by atoms with E-state index >= 15 is 0 Å². The fourth-order valence-electron chi connectivity index (χ4n) is 4.91. The Hall–Kier alpha value is -5.45. The Morgan fingerprint density at radius 2 is 1.51 bits per heavy atom. The first-order valence-electron chi connectivity index (χ1n) is 15.4. The number of hydrazone groups is 1. The predicted octanol–water partition coefficient (Wildman–Crippen LogP) is 7.06. The second-order valence-electron chi connectivity index (χ2n) is 11.2. The molecule has 49 heavy (non-hydrogen) atoms. The number of ether oxygens (including phenoxy) is 1. The number of benzene rings is 5. The van der Waals surface area contributed by atoms with Crippen LogP contribution in [-0.2, 0) is 21.4 Å². The maximum atomic E-state index is 14.0. The van der Waals surface area contributed by atoms with Gasteiger partial charge in [-0.05, 0) is 91.2 Å². The zero-order chi connectivity index (χ0) is 34.8. The summed E-state index contributed by atoms with van der Waals surface area (Å²) in [5, 5.41) is 7.52. The van der Waals surface area contributed by atoms with E-state index in [1.54, 1.807) is 97.1 Å². The normalized spacial score (nSPS) is 11.9. The highest BCUT2D eigenvalue weighted by atomic mass is 35.5. The van der Waals surface area contributed by atoms with Crippen LogP contribution >= 0.6 is 11.6 Å². The molecular weight excluding hydrogens is 660 g/mol. The molecule has 0 unspecified atom stereocenters. The first kappa shape index (κ1) is 34.9. The Morgan fingerprint density at radius 1 is 0.857 bits per heavy atom. The van der Waals surface area contributed by atoms with Crippen LogP contribution in [0.2, 0.25) is 5.02 Å². The van der Waals surface area contributed by atoms with Gasteiger partial charge in [0.05, 0.1) is 34.9 Å². The monoisotopic (exact) mass is 694 g/mol. The fraction of sp³-hybridized carbons (Fsp3) is 0.132. The number of halogens is 1. The largest absolute Gasteiger partial charge is 0.484 e. The van der Waals surface area contributed by atoms with Crippen molar-refractivity contribution in [2.45, 2.75) is 31.3 Å². The van der Waals surface area contributed by atoms with Gasteiger partial charge < -0.3 is 10.1 Å². The summed E-state index contributed by atoms with van der Waals surface area (Å²) in [5.41, 5.74) is 6.07. The van der Waals surface area contributed by atoms with E-state index in [1.807, 2.05) is 44.2 Å². The molecule has 9 nitrogen and oxygen atoms in total. The van der Waals surface area contributed by atoms with Crippen molar-refractivity contribution in [3.05, 3.63) is 160 Å². The summed E-state index contributed by atoms with van der Waals surface area (Å²) >= 11 is 6.07. The molecule has 2 amide bonds. The van der Waals surface area contributed by atoms with Crippen molar-refractivity contribution in [1.29, 1.82) is 0 Å². The molecule has 2 N–H and O–H groups in total. The van der Waals surface area contributed by atoms with Crippen molar-refractivity contribution in [2.75, 3.05) is 10.9 Å². The van der Waals surface area contributed by atoms with Crippen molar-refractivity contribution in [3.8, 4) is 5.75 Å². The summed E-state index contributed by atoms with van der Waals surface area (Å²) in [6, 6.07) is 36.2. The number of carbonyl (C=O) groups excluding carboxylic acids is 2. The zero-order valence-electron chi connectivity index (χ0n) is 26.9. The molecule has 0 aliphatic rings. The molecule has 0 saturated heterocycles. The molecule has 0 radical (unpaired) electrons. The van der Waals surface area contributed by atoms with Crippen LogP contribution in [0.4, 0.5) is 5.69 Å². The molecule has 1 atom stereocenters. The Morgan fingerprint density at radius 3 is 2.20 bits per heavy atom. The fourth-order valence-corrected chi connectivity index (χ4v) is 6.51. The maximum Gasteiger partial charge on any atom is 0.273 e. The third kappa shape index (κ3) is 9.34. The van der Waals surface area contributed by atoms with E-state index < -0.39 is 15.9 Å². The zero-order valence-corrected chi connectivity index (χ0v) is 28.5. The Bertz CT molecular complexity index is 2020. The predicted molar refractivity (Wildman–Crippen MR) is 192 cm³/mol. The molecule has 250 valence electrons. The van der Waals surface area contributed by atoms with E-state index in [9.17, 15) is 18.0 Å². The molecule has 5 aromatic carbocycles. The molecule has 5 aromatic rings. The lowest BCUT2D eigenvalue weighted by molar-refractivity contribution is -0.123. The van der Waals surface area contributed by atoms with Crippen LogP contribution in [0.3, 0.4) is 0 Å². The van der Waals surface area contributed by atoms with Gasteiger partial charge >= 0.3 is 0 Å². The lowest BCUT2D eigenvalue weighted by Gasteiger charge is -2.26. The van der Waals surface area contributed by atoms with Crippen molar-refractivity contribution in [3.63, 3.8) is 0 Å². The molecule has 0 fully saturated rings. The van der Waals surface area contributed by atoms with Gasteiger partial charge in [0.25, 0.3) is 21.8 Å². The van der Waals surface area contributed by atoms with Gasteiger partial charge in [-0.1, -0.05) is 83.9 Å². The van der Waals surface area contributed by atoms with Crippen molar-refractivity contribution >= 4 is 45.3 Å². The smallest absolute Gasteiger partial charge is 0.273 e. The number of rotatable bonds is 13. The van der Waals surface area contributed by atoms with E-state index in [2.05, 4.69) is 15.8 Å². The first-order chi connectivity index (χ1) is 23.6. The number of hydrogen-bond acceptors (Lipinski definition) is 6. The Balaban J connectivity index is 1.26. The number of amides is 2. The minimum absolute atomic E-state index is 0.0386. The number of aryl methyl sites for hydroxylation is 1.